The SMILES string of the molecule is CCCC#C/C=C\N(C)N. The van der Waals surface area contributed by atoms with Gasteiger partial charge in [0.25, 0.3) is 0 Å². The highest BCUT2D eigenvalue weighted by Crippen LogP contribution is 1.81. The first-order valence-electron chi connectivity index (χ1n) is 3.40. The minimum Gasteiger partial charge on any atom is -0.321 e. The van der Waals surface area contributed by atoms with Crippen LogP contribution in [0, 0.1) is 11.8 Å². The standard InChI is InChI=1S/C8H14N2/c1-3-4-5-6-7-8-10(2)9/h7-8H,3-4,9H2,1-2H3/b8-7-. The van der Waals surface area contributed by atoms with Crippen molar-refractivity contribution in [3.63, 3.8) is 0 Å². The summed E-state index contributed by atoms with van der Waals surface area (Å²) in [5.41, 5.74) is 0. The van der Waals surface area contributed by atoms with Gasteiger partial charge in [-0.25, -0.2) is 5.84 Å². The zero-order valence-electron chi connectivity index (χ0n) is 6.59. The fourth-order valence-electron chi connectivity index (χ4n) is 0.411. The summed E-state index contributed by atoms with van der Waals surface area (Å²) in [5, 5.41) is 1.47. The highest BCUT2D eigenvalue weighted by molar-refractivity contribution is 5.14. The first-order chi connectivity index (χ1) is 4.77. The molecule has 10 heavy (non-hydrogen) atoms. The van der Waals surface area contributed by atoms with Crippen molar-refractivity contribution in [2.45, 2.75) is 19.8 Å². The molecule has 56 valence electrons. The van der Waals surface area contributed by atoms with Crippen molar-refractivity contribution < 1.29 is 0 Å². The third-order valence-electron chi connectivity index (χ3n) is 0.870. The van der Waals surface area contributed by atoms with Crippen LogP contribution in [0.15, 0.2) is 12.3 Å². The molecule has 0 atom stereocenters. The fourth-order valence-corrected chi connectivity index (χ4v) is 0.411. The van der Waals surface area contributed by atoms with Gasteiger partial charge in [-0.2, -0.15) is 0 Å². The van der Waals surface area contributed by atoms with Crippen LogP contribution in [0.5, 0.6) is 0 Å². The molecule has 0 aliphatic rings. The van der Waals surface area contributed by atoms with Crippen molar-refractivity contribution in [1.29, 1.82) is 0 Å². The summed E-state index contributed by atoms with van der Waals surface area (Å²) < 4.78 is 0. The van der Waals surface area contributed by atoms with E-state index in [4.69, 9.17) is 5.84 Å². The Hall–Kier alpha value is -0.940. The first-order valence-corrected chi connectivity index (χ1v) is 3.40. The largest absolute Gasteiger partial charge is 0.321 e. The van der Waals surface area contributed by atoms with Crippen LogP contribution >= 0.6 is 0 Å². The highest BCUT2D eigenvalue weighted by atomic mass is 15.4. The van der Waals surface area contributed by atoms with Gasteiger partial charge in [-0.1, -0.05) is 18.8 Å². The number of nitrogens with zero attached hydrogens (tertiary/aromatic N) is 1. The van der Waals surface area contributed by atoms with E-state index in [9.17, 15) is 0 Å². The molecule has 0 unspecified atom stereocenters. The Morgan fingerprint density at radius 2 is 2.30 bits per heavy atom. The van der Waals surface area contributed by atoms with Gasteiger partial charge >= 0.3 is 0 Å². The van der Waals surface area contributed by atoms with Gasteiger partial charge in [-0.3, -0.25) is 0 Å². The lowest BCUT2D eigenvalue weighted by molar-refractivity contribution is 0.485. The van der Waals surface area contributed by atoms with E-state index in [1.165, 1.54) is 5.01 Å². The molecule has 2 nitrogen and oxygen atoms in total. The summed E-state index contributed by atoms with van der Waals surface area (Å²) >= 11 is 0. The van der Waals surface area contributed by atoms with Crippen LogP contribution < -0.4 is 5.84 Å². The molecule has 0 aromatic carbocycles. The normalized spacial score (nSPS) is 9.10. The third kappa shape index (κ3) is 7.06. The molecule has 2 heteroatoms. The van der Waals surface area contributed by atoms with E-state index in [0.29, 0.717) is 0 Å². The van der Waals surface area contributed by atoms with Gasteiger partial charge in [0.15, 0.2) is 0 Å². The van der Waals surface area contributed by atoms with Crippen LogP contribution in [0.4, 0.5) is 0 Å². The number of allylic oxidation sites excluding steroid dienone is 1. The molecule has 0 radical (unpaired) electrons. The quantitative estimate of drug-likeness (QED) is 0.352. The van der Waals surface area contributed by atoms with E-state index in [-0.39, 0.29) is 0 Å². The summed E-state index contributed by atoms with van der Waals surface area (Å²) in [7, 11) is 1.76. The highest BCUT2D eigenvalue weighted by Gasteiger charge is 1.70. The maximum absolute atomic E-state index is 5.29. The summed E-state index contributed by atoms with van der Waals surface area (Å²) in [4.78, 5) is 0. The monoisotopic (exact) mass is 138 g/mol. The Kier molecular flexibility index (Phi) is 5.60. The number of hydrogen-bond acceptors (Lipinski definition) is 2. The number of hydrazine groups is 1. The molecule has 0 saturated carbocycles. The Morgan fingerprint density at radius 1 is 1.60 bits per heavy atom. The topological polar surface area (TPSA) is 29.3 Å². The molecule has 0 amide bonds. The number of nitrogens with two attached hydrogens (primary N) is 1. The predicted octanol–water partition coefficient (Wildman–Crippen LogP) is 1.11. The predicted molar refractivity (Wildman–Crippen MR) is 43.8 cm³/mol. The van der Waals surface area contributed by atoms with Crippen LogP contribution in [0.3, 0.4) is 0 Å². The molecule has 0 aliphatic heterocycles. The van der Waals surface area contributed by atoms with Gasteiger partial charge in [0.1, 0.15) is 0 Å². The fraction of sp³-hybridized carbons (Fsp3) is 0.500. The summed E-state index contributed by atoms with van der Waals surface area (Å²) in [6, 6.07) is 0. The lowest BCUT2D eigenvalue weighted by Crippen LogP contribution is -2.18. The molecule has 0 aromatic rings. The minimum absolute atomic E-state index is 0.957. The Labute approximate surface area is 62.7 Å². The van der Waals surface area contributed by atoms with Gasteiger partial charge < -0.3 is 5.01 Å². The third-order valence-corrected chi connectivity index (χ3v) is 0.870. The Balaban J connectivity index is 3.44. The molecule has 0 heterocycles. The molecular weight excluding hydrogens is 124 g/mol. The van der Waals surface area contributed by atoms with Crippen molar-refractivity contribution in [2.75, 3.05) is 7.05 Å². The lowest BCUT2D eigenvalue weighted by Gasteiger charge is -1.99. The minimum atomic E-state index is 0.957. The number of rotatable bonds is 2. The zero-order valence-corrected chi connectivity index (χ0v) is 6.59. The molecular formula is C8H14N2. The zero-order chi connectivity index (χ0) is 7.82. The van der Waals surface area contributed by atoms with Gasteiger partial charge in [0.2, 0.25) is 0 Å². The van der Waals surface area contributed by atoms with Gasteiger partial charge in [-0.15, -0.1) is 0 Å². The second-order valence-electron chi connectivity index (χ2n) is 2.05. The van der Waals surface area contributed by atoms with E-state index in [1.807, 2.05) is 0 Å². The van der Waals surface area contributed by atoms with E-state index in [2.05, 4.69) is 18.8 Å². The number of hydrogen-bond donors (Lipinski definition) is 1. The van der Waals surface area contributed by atoms with Crippen molar-refractivity contribution in [3.05, 3.63) is 12.3 Å². The maximum atomic E-state index is 5.29. The van der Waals surface area contributed by atoms with Crippen LogP contribution in [0.2, 0.25) is 0 Å². The van der Waals surface area contributed by atoms with Crippen LogP contribution in [0.1, 0.15) is 19.8 Å². The first kappa shape index (κ1) is 9.06. The second kappa shape index (κ2) is 6.18. The Morgan fingerprint density at radius 3 is 2.80 bits per heavy atom. The summed E-state index contributed by atoms with van der Waals surface area (Å²) in [6.07, 6.45) is 5.54. The van der Waals surface area contributed by atoms with Crippen molar-refractivity contribution in [1.82, 2.24) is 5.01 Å². The second-order valence-corrected chi connectivity index (χ2v) is 2.05. The van der Waals surface area contributed by atoms with Crippen molar-refractivity contribution in [2.24, 2.45) is 5.84 Å². The van der Waals surface area contributed by atoms with E-state index < -0.39 is 0 Å². The number of unbranched alkanes of at least 4 members (excludes halogenated alkanes) is 1. The molecule has 0 saturated heterocycles. The van der Waals surface area contributed by atoms with Crippen molar-refractivity contribution >= 4 is 0 Å². The van der Waals surface area contributed by atoms with Crippen LogP contribution in [0.25, 0.3) is 0 Å². The van der Waals surface area contributed by atoms with E-state index >= 15 is 0 Å². The van der Waals surface area contributed by atoms with Gasteiger partial charge in [-0.05, 0) is 6.42 Å². The molecule has 0 spiro atoms. The summed E-state index contributed by atoms with van der Waals surface area (Å²) in [5.74, 6) is 11.1. The lowest BCUT2D eigenvalue weighted by atomic mass is 10.3. The van der Waals surface area contributed by atoms with Crippen LogP contribution in [-0.2, 0) is 0 Å². The molecule has 0 bridgehead atoms. The average Bonchev–Trinajstić information content (AvgIpc) is 1.87. The van der Waals surface area contributed by atoms with Gasteiger partial charge in [0.05, 0.1) is 0 Å². The molecule has 2 N–H and O–H groups in total. The molecule has 0 fully saturated rings. The van der Waals surface area contributed by atoms with E-state index in [0.717, 1.165) is 12.8 Å². The molecule has 0 aromatic heterocycles. The van der Waals surface area contributed by atoms with Gasteiger partial charge in [0, 0.05) is 25.7 Å². The summed E-state index contributed by atoms with van der Waals surface area (Å²) in [6.45, 7) is 2.10. The van der Waals surface area contributed by atoms with Crippen molar-refractivity contribution in [3.8, 4) is 11.8 Å². The smallest absolute Gasteiger partial charge is 0.0235 e. The Bertz CT molecular complexity index is 148. The molecule has 0 aliphatic carbocycles. The van der Waals surface area contributed by atoms with E-state index in [1.54, 1.807) is 19.3 Å². The van der Waals surface area contributed by atoms with Crippen LogP contribution in [-0.4, -0.2) is 12.1 Å². The average molecular weight is 138 g/mol. The maximum Gasteiger partial charge on any atom is 0.0235 e. The molecule has 0 rings (SSSR count).